The molecular formula is C44H62F2N2O3. The minimum atomic E-state index is -2.61. The minimum absolute atomic E-state index is 0.00831. The smallest absolute Gasteiger partial charge is 0.337 e. The molecule has 7 heteroatoms. The lowest BCUT2D eigenvalue weighted by atomic mass is 9.33. The van der Waals surface area contributed by atoms with E-state index in [1.54, 1.807) is 0 Å². The molecule has 4 saturated carbocycles. The van der Waals surface area contributed by atoms with E-state index in [1.165, 1.54) is 49.5 Å². The first-order valence-electron chi connectivity index (χ1n) is 19.9. The summed E-state index contributed by atoms with van der Waals surface area (Å²) in [6.45, 7) is 20.3. The monoisotopic (exact) mass is 704 g/mol. The number of alkyl halides is 2. The van der Waals surface area contributed by atoms with Crippen molar-refractivity contribution in [3.05, 3.63) is 53.6 Å². The molecule has 1 saturated heterocycles. The first kappa shape index (κ1) is 36.8. The number of allylic oxidation sites excluding steroid dienone is 3. The average molecular weight is 705 g/mol. The number of ether oxygens (including phenoxy) is 1. The van der Waals surface area contributed by atoms with Gasteiger partial charge in [0.2, 0.25) is 5.91 Å². The molecule has 1 aliphatic heterocycles. The normalized spacial score (nSPS) is 41.2. The summed E-state index contributed by atoms with van der Waals surface area (Å²) in [7, 11) is 1.43. The van der Waals surface area contributed by atoms with Gasteiger partial charge in [-0.25, -0.2) is 13.6 Å². The van der Waals surface area contributed by atoms with Crippen LogP contribution in [-0.4, -0.2) is 55.0 Å². The van der Waals surface area contributed by atoms with Gasteiger partial charge in [0.05, 0.1) is 19.2 Å². The van der Waals surface area contributed by atoms with Crippen LogP contribution in [0.5, 0.6) is 0 Å². The van der Waals surface area contributed by atoms with Crippen LogP contribution in [0.15, 0.2) is 42.5 Å². The molecule has 1 amide bonds. The summed E-state index contributed by atoms with van der Waals surface area (Å²) in [5.41, 5.74) is 4.69. The number of hydrogen-bond donors (Lipinski definition) is 1. The number of esters is 1. The van der Waals surface area contributed by atoms with Gasteiger partial charge in [-0.05, 0) is 139 Å². The Balaban J connectivity index is 1.15. The summed E-state index contributed by atoms with van der Waals surface area (Å²) in [4.78, 5) is 27.8. The molecule has 1 aromatic rings. The fourth-order valence-corrected chi connectivity index (χ4v) is 13.9. The van der Waals surface area contributed by atoms with E-state index >= 15 is 0 Å². The maximum absolute atomic E-state index is 13.9. The maximum Gasteiger partial charge on any atom is 0.337 e. The van der Waals surface area contributed by atoms with E-state index in [-0.39, 0.29) is 71.6 Å². The van der Waals surface area contributed by atoms with Crippen molar-refractivity contribution >= 4 is 17.4 Å². The van der Waals surface area contributed by atoms with Crippen LogP contribution in [0.3, 0.4) is 0 Å². The van der Waals surface area contributed by atoms with Gasteiger partial charge in [-0.15, -0.1) is 0 Å². The molecule has 0 spiro atoms. The second-order valence-corrected chi connectivity index (χ2v) is 19.1. The number of halogens is 2. The van der Waals surface area contributed by atoms with E-state index in [0.717, 1.165) is 32.1 Å². The van der Waals surface area contributed by atoms with E-state index in [4.69, 9.17) is 4.74 Å². The SMILES string of the molecule is C=C(C)[C@@H]1CC[C@]2(NC(=O)CN3CCC(F)(F)CC3)CC[C@]3(C)[C@H](CC[C@@H]4[C@@]5(C)CC=C(c6ccc(C(=O)OC)cc6)C(C)(C)[C@@H]5CC[C@]43C)[C@@H]12. The van der Waals surface area contributed by atoms with Gasteiger partial charge >= 0.3 is 5.97 Å². The molecule has 5 aliphatic carbocycles. The molecule has 5 fully saturated rings. The Kier molecular flexibility index (Phi) is 9.03. The Morgan fingerprint density at radius 3 is 2.22 bits per heavy atom. The zero-order valence-corrected chi connectivity index (χ0v) is 32.3. The Morgan fingerprint density at radius 1 is 0.882 bits per heavy atom. The highest BCUT2D eigenvalue weighted by atomic mass is 19.3. The highest BCUT2D eigenvalue weighted by molar-refractivity contribution is 5.90. The van der Waals surface area contributed by atoms with Crippen molar-refractivity contribution in [3.63, 3.8) is 0 Å². The van der Waals surface area contributed by atoms with Crippen molar-refractivity contribution in [3.8, 4) is 0 Å². The van der Waals surface area contributed by atoms with Gasteiger partial charge in [0, 0.05) is 31.5 Å². The number of rotatable bonds is 6. The summed E-state index contributed by atoms with van der Waals surface area (Å²) in [5, 5.41) is 3.64. The third kappa shape index (κ3) is 5.68. The van der Waals surface area contributed by atoms with Gasteiger partial charge in [0.25, 0.3) is 5.92 Å². The Bertz CT molecular complexity index is 1590. The number of piperidine rings is 1. The quantitative estimate of drug-likeness (QED) is 0.237. The zero-order chi connectivity index (χ0) is 36.8. The zero-order valence-electron chi connectivity index (χ0n) is 32.3. The average Bonchev–Trinajstić information content (AvgIpc) is 3.45. The molecule has 0 bridgehead atoms. The second-order valence-electron chi connectivity index (χ2n) is 19.1. The van der Waals surface area contributed by atoms with Crippen molar-refractivity contribution in [2.45, 2.75) is 124 Å². The number of benzene rings is 1. The molecule has 280 valence electrons. The summed E-state index contributed by atoms with van der Waals surface area (Å²) in [6.07, 6.45) is 12.2. The molecule has 0 unspecified atom stereocenters. The van der Waals surface area contributed by atoms with Gasteiger partial charge in [-0.3, -0.25) is 9.69 Å². The predicted molar refractivity (Wildman–Crippen MR) is 199 cm³/mol. The topological polar surface area (TPSA) is 58.6 Å². The molecule has 6 aliphatic rings. The van der Waals surface area contributed by atoms with Crippen molar-refractivity contribution in [2.75, 3.05) is 26.7 Å². The van der Waals surface area contributed by atoms with Crippen LogP contribution in [-0.2, 0) is 9.53 Å². The number of likely N-dealkylation sites (tertiary alicyclic amines) is 1. The van der Waals surface area contributed by atoms with Gasteiger partial charge in [-0.1, -0.05) is 65.0 Å². The number of fused-ring (bicyclic) bond motifs is 7. The fraction of sp³-hybridized carbons (Fsp3) is 0.727. The van der Waals surface area contributed by atoms with Crippen LogP contribution in [0.1, 0.15) is 128 Å². The molecule has 1 aromatic carbocycles. The molecule has 1 N–H and O–H groups in total. The molecule has 0 aromatic heterocycles. The molecule has 0 radical (unpaired) electrons. The van der Waals surface area contributed by atoms with Gasteiger partial charge in [-0.2, -0.15) is 0 Å². The maximum atomic E-state index is 13.9. The second kappa shape index (κ2) is 12.5. The molecule has 51 heavy (non-hydrogen) atoms. The number of carbonyl (C=O) groups excluding carboxylic acids is 2. The van der Waals surface area contributed by atoms with Crippen LogP contribution in [0, 0.1) is 51.2 Å². The lowest BCUT2D eigenvalue weighted by Gasteiger charge is -2.72. The van der Waals surface area contributed by atoms with Crippen LogP contribution < -0.4 is 5.32 Å². The van der Waals surface area contributed by atoms with E-state index in [9.17, 15) is 18.4 Å². The lowest BCUT2D eigenvalue weighted by molar-refractivity contribution is -0.219. The van der Waals surface area contributed by atoms with Gasteiger partial charge in [0.1, 0.15) is 0 Å². The minimum Gasteiger partial charge on any atom is -0.465 e. The summed E-state index contributed by atoms with van der Waals surface area (Å²) in [5.74, 6) is -0.501. The number of nitrogens with zero attached hydrogens (tertiary/aromatic N) is 1. The van der Waals surface area contributed by atoms with Crippen LogP contribution >= 0.6 is 0 Å². The fourth-order valence-electron chi connectivity index (χ4n) is 13.9. The third-order valence-corrected chi connectivity index (χ3v) is 16.6. The largest absolute Gasteiger partial charge is 0.465 e. The summed E-state index contributed by atoms with van der Waals surface area (Å²) in [6, 6.07) is 7.99. The van der Waals surface area contributed by atoms with Crippen LogP contribution in [0.2, 0.25) is 0 Å². The van der Waals surface area contributed by atoms with E-state index in [2.05, 4.69) is 71.6 Å². The highest BCUT2D eigenvalue weighted by Gasteiger charge is 2.70. The van der Waals surface area contributed by atoms with Crippen LogP contribution in [0.25, 0.3) is 5.57 Å². The Hall–Kier alpha value is -2.54. The predicted octanol–water partition coefficient (Wildman–Crippen LogP) is 9.72. The number of amides is 1. The van der Waals surface area contributed by atoms with Crippen molar-refractivity contribution in [1.29, 1.82) is 0 Å². The van der Waals surface area contributed by atoms with Crippen molar-refractivity contribution in [2.24, 2.45) is 51.2 Å². The van der Waals surface area contributed by atoms with Crippen molar-refractivity contribution < 1.29 is 23.1 Å². The standard InChI is InChI=1S/C44H62F2N2O3/c1-28(2)31-15-20-43(47-36(49)27-48-25-23-44(45,46)24-26-48)22-21-41(6)33(37(31)43)13-14-35-40(5)18-16-32(29-9-11-30(12-10-29)38(50)51-8)39(3,4)34(40)17-19-42(35,41)7/h9-12,16,31,33-35,37H,1,13-15,17-27H2,2-8H3,(H,47,49)/t31-,33+,34-,35+,37+,40-,41+,42+,43-/m0/s1. The van der Waals surface area contributed by atoms with Gasteiger partial charge < -0.3 is 10.1 Å². The van der Waals surface area contributed by atoms with E-state index < -0.39 is 5.92 Å². The first-order valence-corrected chi connectivity index (χ1v) is 19.9. The molecule has 5 nitrogen and oxygen atoms in total. The number of methoxy groups -OCH3 is 1. The lowest BCUT2D eigenvalue weighted by Crippen LogP contribution is -2.68. The third-order valence-electron chi connectivity index (χ3n) is 16.6. The molecule has 9 atom stereocenters. The molecule has 1 heterocycles. The Labute approximate surface area is 305 Å². The number of hydrogen-bond acceptors (Lipinski definition) is 4. The van der Waals surface area contributed by atoms with Crippen LogP contribution in [0.4, 0.5) is 8.78 Å². The van der Waals surface area contributed by atoms with E-state index in [0.29, 0.717) is 35.2 Å². The number of carbonyl (C=O) groups is 2. The van der Waals surface area contributed by atoms with Gasteiger partial charge in [0.15, 0.2) is 0 Å². The Morgan fingerprint density at radius 2 is 1.57 bits per heavy atom. The number of nitrogens with one attached hydrogen (secondary N) is 1. The van der Waals surface area contributed by atoms with E-state index in [1.807, 2.05) is 17.0 Å². The molecular weight excluding hydrogens is 642 g/mol. The summed E-state index contributed by atoms with van der Waals surface area (Å²) >= 11 is 0. The summed E-state index contributed by atoms with van der Waals surface area (Å²) < 4.78 is 32.7. The highest BCUT2D eigenvalue weighted by Crippen LogP contribution is 2.76. The molecule has 7 rings (SSSR count). The van der Waals surface area contributed by atoms with Crippen molar-refractivity contribution in [1.82, 2.24) is 10.2 Å². The first-order chi connectivity index (χ1) is 23.9.